The maximum atomic E-state index is 12.3. The highest BCUT2D eigenvalue weighted by Gasteiger charge is 2.27. The lowest BCUT2D eigenvalue weighted by molar-refractivity contribution is 0.0953. The van der Waals surface area contributed by atoms with Crippen molar-refractivity contribution in [1.29, 1.82) is 0 Å². The van der Waals surface area contributed by atoms with Crippen molar-refractivity contribution in [2.24, 2.45) is 0 Å². The minimum Gasteiger partial charge on any atom is -0.352 e. The Hall–Kier alpha value is -1.96. The molecule has 1 aliphatic rings. The smallest absolute Gasteiger partial charge is 0.252 e. The molecule has 2 aromatic rings. The third-order valence-electron chi connectivity index (χ3n) is 5.16. The zero-order chi connectivity index (χ0) is 20.9. The number of aryl methyl sites for hydroxylation is 1. The number of benzene rings is 1. The van der Waals surface area contributed by atoms with Gasteiger partial charge < -0.3 is 5.32 Å². The number of sulfonamides is 1. The fourth-order valence-corrected chi connectivity index (χ4v) is 4.55. The number of carbonyl (C=O) groups excluding carboxylic acids is 1. The monoisotopic (exact) mass is 435 g/mol. The van der Waals surface area contributed by atoms with Crippen LogP contribution >= 0.6 is 11.6 Å². The molecule has 1 unspecified atom stereocenters. The number of nitrogens with one attached hydrogen (secondary N) is 1. The van der Waals surface area contributed by atoms with E-state index in [1.165, 1.54) is 16.1 Å². The maximum absolute atomic E-state index is 12.3. The summed E-state index contributed by atoms with van der Waals surface area (Å²) in [4.78, 5) is 16.7. The van der Waals surface area contributed by atoms with Gasteiger partial charge in [-0.2, -0.15) is 0 Å². The van der Waals surface area contributed by atoms with Gasteiger partial charge >= 0.3 is 0 Å². The Morgan fingerprint density at radius 2 is 2.00 bits per heavy atom. The molecule has 1 saturated heterocycles. The van der Waals surface area contributed by atoms with E-state index in [0.29, 0.717) is 25.2 Å². The number of amides is 1. The van der Waals surface area contributed by atoms with Crippen LogP contribution in [-0.4, -0.2) is 49.5 Å². The molecule has 29 heavy (non-hydrogen) atoms. The van der Waals surface area contributed by atoms with Crippen molar-refractivity contribution in [3.63, 3.8) is 0 Å². The summed E-state index contributed by atoms with van der Waals surface area (Å²) in [5.74, 6) is -0.0866. The predicted octanol–water partition coefficient (Wildman–Crippen LogP) is 3.24. The number of hydrogen-bond acceptors (Lipinski definition) is 4. The second kappa shape index (κ2) is 9.69. The molecule has 1 amide bonds. The second-order valence-electron chi connectivity index (χ2n) is 7.42. The van der Waals surface area contributed by atoms with Crippen LogP contribution < -0.4 is 5.32 Å². The first-order valence-corrected chi connectivity index (χ1v) is 12.0. The SMILES string of the molecule is CS(=O)(=O)N1CCCC(c2ccc(C(=O)NCCCc3ccc(Cl)cc3)cn2)C1. The lowest BCUT2D eigenvalue weighted by Crippen LogP contribution is -2.38. The van der Waals surface area contributed by atoms with Crippen LogP contribution in [0.2, 0.25) is 5.02 Å². The number of aromatic nitrogens is 1. The van der Waals surface area contributed by atoms with Gasteiger partial charge in [0.1, 0.15) is 0 Å². The van der Waals surface area contributed by atoms with Crippen molar-refractivity contribution < 1.29 is 13.2 Å². The van der Waals surface area contributed by atoms with E-state index in [1.54, 1.807) is 12.3 Å². The molecule has 2 heterocycles. The normalized spacial score (nSPS) is 17.8. The molecule has 1 aliphatic heterocycles. The molecule has 8 heteroatoms. The van der Waals surface area contributed by atoms with Crippen LogP contribution in [0.1, 0.15) is 46.8 Å². The van der Waals surface area contributed by atoms with Crippen molar-refractivity contribution >= 4 is 27.5 Å². The molecule has 0 aliphatic carbocycles. The first kappa shape index (κ1) is 21.7. The van der Waals surface area contributed by atoms with Crippen molar-refractivity contribution in [3.05, 3.63) is 64.4 Å². The first-order chi connectivity index (χ1) is 13.8. The average molecular weight is 436 g/mol. The summed E-state index contributed by atoms with van der Waals surface area (Å²) in [5, 5.41) is 3.63. The fourth-order valence-electron chi connectivity index (χ4n) is 3.51. The summed E-state index contributed by atoms with van der Waals surface area (Å²) >= 11 is 5.88. The molecular weight excluding hydrogens is 410 g/mol. The van der Waals surface area contributed by atoms with Crippen molar-refractivity contribution in [2.45, 2.75) is 31.6 Å². The number of rotatable bonds is 7. The summed E-state index contributed by atoms with van der Waals surface area (Å²) in [5.41, 5.74) is 2.53. The minimum atomic E-state index is -3.19. The standard InChI is InChI=1S/C21H26ClN3O3S/c1-29(27,28)25-13-3-5-18(15-25)20-11-8-17(14-24-20)21(26)23-12-2-4-16-6-9-19(22)10-7-16/h6-11,14,18H,2-5,12-13,15H2,1H3,(H,23,26). The first-order valence-electron chi connectivity index (χ1n) is 9.76. The van der Waals surface area contributed by atoms with Crippen LogP contribution in [0.3, 0.4) is 0 Å². The number of halogens is 1. The summed E-state index contributed by atoms with van der Waals surface area (Å²) < 4.78 is 25.1. The van der Waals surface area contributed by atoms with Gasteiger partial charge in [-0.1, -0.05) is 23.7 Å². The topological polar surface area (TPSA) is 79.4 Å². The van der Waals surface area contributed by atoms with Crippen LogP contribution in [0.15, 0.2) is 42.6 Å². The molecule has 6 nitrogen and oxygen atoms in total. The lowest BCUT2D eigenvalue weighted by atomic mass is 9.95. The third-order valence-corrected chi connectivity index (χ3v) is 6.68. The highest BCUT2D eigenvalue weighted by molar-refractivity contribution is 7.88. The van der Waals surface area contributed by atoms with Crippen LogP contribution in [0.4, 0.5) is 0 Å². The van der Waals surface area contributed by atoms with Gasteiger partial charge in [-0.15, -0.1) is 0 Å². The van der Waals surface area contributed by atoms with Gasteiger partial charge in [-0.05, 0) is 55.5 Å². The van der Waals surface area contributed by atoms with Gasteiger partial charge in [0.2, 0.25) is 10.0 Å². The summed E-state index contributed by atoms with van der Waals surface area (Å²) in [6.07, 6.45) is 6.23. The summed E-state index contributed by atoms with van der Waals surface area (Å²) in [7, 11) is -3.19. The molecule has 156 valence electrons. The van der Waals surface area contributed by atoms with Crippen LogP contribution in [0.25, 0.3) is 0 Å². The van der Waals surface area contributed by atoms with Crippen LogP contribution in [0, 0.1) is 0 Å². The number of carbonyl (C=O) groups is 1. The van der Waals surface area contributed by atoms with Gasteiger partial charge in [-0.25, -0.2) is 12.7 Å². The van der Waals surface area contributed by atoms with Gasteiger partial charge in [0, 0.05) is 42.5 Å². The molecule has 1 N–H and O–H groups in total. The van der Waals surface area contributed by atoms with E-state index in [9.17, 15) is 13.2 Å². The highest BCUT2D eigenvalue weighted by atomic mass is 35.5. The Bertz CT molecular complexity index is 931. The van der Waals surface area contributed by atoms with Crippen molar-refractivity contribution in [3.8, 4) is 0 Å². The van der Waals surface area contributed by atoms with E-state index in [0.717, 1.165) is 36.4 Å². The van der Waals surface area contributed by atoms with Gasteiger partial charge in [-0.3, -0.25) is 9.78 Å². The van der Waals surface area contributed by atoms with Crippen molar-refractivity contribution in [2.75, 3.05) is 25.9 Å². The van der Waals surface area contributed by atoms with Crippen LogP contribution in [-0.2, 0) is 16.4 Å². The molecule has 1 aromatic heterocycles. The quantitative estimate of drug-likeness (QED) is 0.677. The molecule has 1 atom stereocenters. The lowest BCUT2D eigenvalue weighted by Gasteiger charge is -2.30. The zero-order valence-electron chi connectivity index (χ0n) is 16.5. The summed E-state index contributed by atoms with van der Waals surface area (Å²) in [6.45, 7) is 1.59. The molecule has 0 saturated carbocycles. The highest BCUT2D eigenvalue weighted by Crippen LogP contribution is 2.26. The number of pyridine rings is 1. The van der Waals surface area contributed by atoms with Crippen LogP contribution in [0.5, 0.6) is 0 Å². The van der Waals surface area contributed by atoms with E-state index < -0.39 is 10.0 Å². The Morgan fingerprint density at radius 1 is 1.24 bits per heavy atom. The van der Waals surface area contributed by atoms with Gasteiger partial charge in [0.05, 0.1) is 11.8 Å². The van der Waals surface area contributed by atoms with Gasteiger partial charge in [0.25, 0.3) is 5.91 Å². The molecule has 0 radical (unpaired) electrons. The fraction of sp³-hybridized carbons (Fsp3) is 0.429. The molecule has 1 aromatic carbocycles. The molecule has 0 spiro atoms. The van der Waals surface area contributed by atoms with E-state index in [-0.39, 0.29) is 11.8 Å². The largest absolute Gasteiger partial charge is 0.352 e. The maximum Gasteiger partial charge on any atom is 0.252 e. The molecular formula is C21H26ClN3O3S. The Balaban J connectivity index is 1.49. The molecule has 1 fully saturated rings. The Labute approximate surface area is 177 Å². The Kier molecular flexibility index (Phi) is 7.27. The third kappa shape index (κ3) is 6.26. The minimum absolute atomic E-state index is 0.0648. The van der Waals surface area contributed by atoms with E-state index >= 15 is 0 Å². The number of nitrogens with zero attached hydrogens (tertiary/aromatic N) is 2. The Morgan fingerprint density at radius 3 is 2.66 bits per heavy atom. The second-order valence-corrected chi connectivity index (χ2v) is 9.84. The zero-order valence-corrected chi connectivity index (χ0v) is 18.0. The van der Waals surface area contributed by atoms with E-state index in [1.807, 2.05) is 30.3 Å². The van der Waals surface area contributed by atoms with Crippen molar-refractivity contribution in [1.82, 2.24) is 14.6 Å². The predicted molar refractivity (Wildman–Crippen MR) is 115 cm³/mol. The molecule has 0 bridgehead atoms. The molecule has 3 rings (SSSR count). The summed E-state index contributed by atoms with van der Waals surface area (Å²) in [6, 6.07) is 11.3. The number of piperidine rings is 1. The van der Waals surface area contributed by atoms with E-state index in [4.69, 9.17) is 11.6 Å². The average Bonchev–Trinajstić information content (AvgIpc) is 2.72. The van der Waals surface area contributed by atoms with Gasteiger partial charge in [0.15, 0.2) is 0 Å². The van der Waals surface area contributed by atoms with E-state index in [2.05, 4.69) is 10.3 Å². The number of hydrogen-bond donors (Lipinski definition) is 1.